The molecule has 6 aromatic rings. The molecule has 0 fully saturated rings. The van der Waals surface area contributed by atoms with E-state index in [4.69, 9.17) is 0 Å². The van der Waals surface area contributed by atoms with Crippen molar-refractivity contribution < 1.29 is 9.18 Å². The number of carbonyl (C=O) groups is 1. The predicted octanol–water partition coefficient (Wildman–Crippen LogP) is 4.35. The fourth-order valence-electron chi connectivity index (χ4n) is 3.74. The number of H-pyrrole nitrogens is 2. The highest BCUT2D eigenvalue weighted by atomic mass is 19.1. The second-order valence-corrected chi connectivity index (χ2v) is 7.52. The van der Waals surface area contributed by atoms with E-state index in [0.717, 1.165) is 5.52 Å². The first-order valence-electron chi connectivity index (χ1n) is 10.3. The van der Waals surface area contributed by atoms with Crippen LogP contribution in [0.5, 0.6) is 0 Å². The first kappa shape index (κ1) is 19.7. The standard InChI is InChI=1S/C24H15FN8O/c25-19-18-17(32-33-21(18)23-30-16-7-4-8-27-22(16)31-23)12-28-20(19)14-9-15(11-26-10-14)29-24(34)13-5-2-1-3-6-13/h1-12H,(H,29,34)(H,32,33)(H,27,30,31). The van der Waals surface area contributed by atoms with Gasteiger partial charge in [0.05, 0.1) is 34.5 Å². The second kappa shape index (κ2) is 7.85. The van der Waals surface area contributed by atoms with E-state index < -0.39 is 5.82 Å². The van der Waals surface area contributed by atoms with E-state index >= 15 is 4.39 Å². The van der Waals surface area contributed by atoms with Crippen molar-refractivity contribution in [2.24, 2.45) is 0 Å². The molecule has 1 aromatic carbocycles. The third kappa shape index (κ3) is 3.34. The maximum absolute atomic E-state index is 15.8. The SMILES string of the molecule is O=C(Nc1cncc(-c2ncc3[nH]nc(-c4nc5ncccc5[nH]4)c3c2F)c1)c1ccccc1. The number of nitrogens with zero attached hydrogens (tertiary/aromatic N) is 5. The summed E-state index contributed by atoms with van der Waals surface area (Å²) in [5, 5.41) is 10.1. The number of rotatable bonds is 4. The number of aromatic amines is 2. The van der Waals surface area contributed by atoms with Crippen LogP contribution in [0.4, 0.5) is 10.1 Å². The Bertz CT molecular complexity index is 1640. The highest BCUT2D eigenvalue weighted by Gasteiger charge is 2.21. The molecule has 5 heterocycles. The molecule has 0 saturated heterocycles. The fraction of sp³-hybridized carbons (Fsp3) is 0. The van der Waals surface area contributed by atoms with Gasteiger partial charge in [0.2, 0.25) is 0 Å². The Morgan fingerprint density at radius 1 is 0.941 bits per heavy atom. The summed E-state index contributed by atoms with van der Waals surface area (Å²) >= 11 is 0. The summed E-state index contributed by atoms with van der Waals surface area (Å²) < 4.78 is 15.8. The molecule has 0 aliphatic carbocycles. The van der Waals surface area contributed by atoms with Crippen LogP contribution < -0.4 is 5.32 Å². The molecule has 0 atom stereocenters. The van der Waals surface area contributed by atoms with Gasteiger partial charge in [-0.1, -0.05) is 18.2 Å². The largest absolute Gasteiger partial charge is 0.335 e. The minimum Gasteiger partial charge on any atom is -0.335 e. The smallest absolute Gasteiger partial charge is 0.255 e. The van der Waals surface area contributed by atoms with Crippen molar-refractivity contribution in [3.05, 3.63) is 84.7 Å². The lowest BCUT2D eigenvalue weighted by Crippen LogP contribution is -2.11. The molecule has 3 N–H and O–H groups in total. The Morgan fingerprint density at radius 3 is 2.68 bits per heavy atom. The van der Waals surface area contributed by atoms with Crippen molar-refractivity contribution in [1.29, 1.82) is 0 Å². The normalized spacial score (nSPS) is 11.2. The predicted molar refractivity (Wildman–Crippen MR) is 124 cm³/mol. The molecule has 5 aromatic heterocycles. The number of carbonyl (C=O) groups excluding carboxylic acids is 1. The maximum atomic E-state index is 15.8. The van der Waals surface area contributed by atoms with Crippen molar-refractivity contribution in [3.8, 4) is 22.8 Å². The Hall–Kier alpha value is -4.99. The van der Waals surface area contributed by atoms with Crippen LogP contribution >= 0.6 is 0 Å². The second-order valence-electron chi connectivity index (χ2n) is 7.52. The molecule has 0 spiro atoms. The number of fused-ring (bicyclic) bond motifs is 2. The van der Waals surface area contributed by atoms with Crippen LogP contribution in [-0.4, -0.2) is 41.0 Å². The third-order valence-electron chi connectivity index (χ3n) is 5.33. The summed E-state index contributed by atoms with van der Waals surface area (Å²) in [4.78, 5) is 32.7. The molecule has 34 heavy (non-hydrogen) atoms. The van der Waals surface area contributed by atoms with Gasteiger partial charge in [-0.3, -0.25) is 19.9 Å². The number of imidazole rings is 1. The molecular weight excluding hydrogens is 435 g/mol. The van der Waals surface area contributed by atoms with Gasteiger partial charge < -0.3 is 10.3 Å². The molecule has 0 unspecified atom stereocenters. The lowest BCUT2D eigenvalue weighted by atomic mass is 10.1. The highest BCUT2D eigenvalue weighted by Crippen LogP contribution is 2.32. The summed E-state index contributed by atoms with van der Waals surface area (Å²) in [6, 6.07) is 14.0. The number of hydrogen-bond acceptors (Lipinski definition) is 6. The minimum atomic E-state index is -0.581. The first-order valence-corrected chi connectivity index (χ1v) is 10.3. The topological polar surface area (TPSA) is 125 Å². The molecule has 0 aliphatic heterocycles. The summed E-state index contributed by atoms with van der Waals surface area (Å²) in [5.74, 6) is -0.486. The van der Waals surface area contributed by atoms with Gasteiger partial charge in [-0.2, -0.15) is 5.10 Å². The Kier molecular flexibility index (Phi) is 4.54. The van der Waals surface area contributed by atoms with Gasteiger partial charge in [-0.25, -0.2) is 14.4 Å². The molecule has 164 valence electrons. The van der Waals surface area contributed by atoms with Crippen molar-refractivity contribution in [2.75, 3.05) is 5.32 Å². The number of pyridine rings is 3. The van der Waals surface area contributed by atoms with Crippen LogP contribution in [0.15, 0.2) is 73.3 Å². The van der Waals surface area contributed by atoms with Crippen molar-refractivity contribution >= 4 is 33.7 Å². The van der Waals surface area contributed by atoms with Crippen LogP contribution in [-0.2, 0) is 0 Å². The van der Waals surface area contributed by atoms with Crippen molar-refractivity contribution in [3.63, 3.8) is 0 Å². The average Bonchev–Trinajstić information content (AvgIpc) is 3.49. The number of aromatic nitrogens is 7. The monoisotopic (exact) mass is 450 g/mol. The van der Waals surface area contributed by atoms with E-state index in [0.29, 0.717) is 39.5 Å². The Balaban J connectivity index is 1.40. The molecule has 0 saturated carbocycles. The average molecular weight is 450 g/mol. The van der Waals surface area contributed by atoms with Gasteiger partial charge in [-0.15, -0.1) is 0 Å². The van der Waals surface area contributed by atoms with Gasteiger partial charge in [0.25, 0.3) is 5.91 Å². The number of hydrogen-bond donors (Lipinski definition) is 3. The van der Waals surface area contributed by atoms with Crippen LogP contribution in [0, 0.1) is 5.82 Å². The summed E-state index contributed by atoms with van der Waals surface area (Å²) in [6.45, 7) is 0. The third-order valence-corrected chi connectivity index (χ3v) is 5.33. The Morgan fingerprint density at radius 2 is 1.82 bits per heavy atom. The number of halogens is 1. The van der Waals surface area contributed by atoms with Gasteiger partial charge in [-0.05, 0) is 30.3 Å². The molecule has 9 nitrogen and oxygen atoms in total. The van der Waals surface area contributed by atoms with E-state index in [1.165, 1.54) is 18.6 Å². The van der Waals surface area contributed by atoms with Crippen molar-refractivity contribution in [2.45, 2.75) is 0 Å². The number of amides is 1. The lowest BCUT2D eigenvalue weighted by molar-refractivity contribution is 0.102. The zero-order valence-electron chi connectivity index (χ0n) is 17.5. The summed E-state index contributed by atoms with van der Waals surface area (Å²) in [5.41, 5.74) is 3.37. The van der Waals surface area contributed by atoms with Crippen LogP contribution in [0.25, 0.3) is 44.8 Å². The number of nitrogens with one attached hydrogen (secondary N) is 3. The molecule has 6 rings (SSSR count). The molecule has 10 heteroatoms. The molecule has 0 bridgehead atoms. The number of anilines is 1. The van der Waals surface area contributed by atoms with E-state index in [9.17, 15) is 4.79 Å². The van der Waals surface area contributed by atoms with E-state index in [-0.39, 0.29) is 17.0 Å². The number of benzene rings is 1. The first-order chi connectivity index (χ1) is 16.7. The zero-order chi connectivity index (χ0) is 23.1. The Labute approximate surface area is 191 Å². The quantitative estimate of drug-likeness (QED) is 0.367. The minimum absolute atomic E-state index is 0.0766. The molecule has 0 aliphatic rings. The lowest BCUT2D eigenvalue weighted by Gasteiger charge is -2.08. The molecular formula is C24H15FN8O. The fourth-order valence-corrected chi connectivity index (χ4v) is 3.74. The van der Waals surface area contributed by atoms with Gasteiger partial charge >= 0.3 is 0 Å². The zero-order valence-corrected chi connectivity index (χ0v) is 17.5. The van der Waals surface area contributed by atoms with Crippen molar-refractivity contribution in [1.82, 2.24) is 35.1 Å². The van der Waals surface area contributed by atoms with Gasteiger partial charge in [0.15, 0.2) is 17.3 Å². The van der Waals surface area contributed by atoms with E-state index in [1.807, 2.05) is 12.1 Å². The molecule has 0 radical (unpaired) electrons. The van der Waals surface area contributed by atoms with Gasteiger partial charge in [0.1, 0.15) is 11.4 Å². The summed E-state index contributed by atoms with van der Waals surface area (Å²) in [6.07, 6.45) is 6.11. The van der Waals surface area contributed by atoms with E-state index in [1.54, 1.807) is 42.6 Å². The summed E-state index contributed by atoms with van der Waals surface area (Å²) in [7, 11) is 0. The van der Waals surface area contributed by atoms with Gasteiger partial charge in [0, 0.05) is 23.5 Å². The van der Waals surface area contributed by atoms with E-state index in [2.05, 4.69) is 40.4 Å². The highest BCUT2D eigenvalue weighted by molar-refractivity contribution is 6.04. The van der Waals surface area contributed by atoms with Crippen LogP contribution in [0.3, 0.4) is 0 Å². The molecule has 1 amide bonds. The van der Waals surface area contributed by atoms with Crippen LogP contribution in [0.2, 0.25) is 0 Å². The van der Waals surface area contributed by atoms with Crippen LogP contribution in [0.1, 0.15) is 10.4 Å². The maximum Gasteiger partial charge on any atom is 0.255 e.